The Bertz CT molecular complexity index is 366. The van der Waals surface area contributed by atoms with Crippen molar-refractivity contribution < 1.29 is 4.74 Å². The maximum atomic E-state index is 5.97. The lowest BCUT2D eigenvalue weighted by Gasteiger charge is -2.09. The van der Waals surface area contributed by atoms with Crippen LogP contribution in [0.4, 0.5) is 0 Å². The van der Waals surface area contributed by atoms with Gasteiger partial charge in [-0.1, -0.05) is 18.2 Å². The number of hydrogen-bond donors (Lipinski definition) is 0. The average molecular weight is 233 g/mol. The van der Waals surface area contributed by atoms with Crippen molar-refractivity contribution in [1.29, 1.82) is 0 Å². The predicted octanol–water partition coefficient (Wildman–Crippen LogP) is 3.10. The van der Waals surface area contributed by atoms with E-state index in [1.807, 2.05) is 6.92 Å². The third-order valence-corrected chi connectivity index (χ3v) is 2.19. The molecule has 0 atom stereocenters. The monoisotopic (exact) mass is 232 g/mol. The molecule has 0 saturated heterocycles. The van der Waals surface area contributed by atoms with Crippen LogP contribution in [0.2, 0.25) is 10.3 Å². The molecule has 0 aliphatic heterocycles. The predicted molar refractivity (Wildman–Crippen MR) is 57.4 cm³/mol. The molecule has 0 N–H and O–H groups in total. The molecule has 3 nitrogen and oxygen atoms in total. The number of nitrogens with zero attached hydrogens (tertiary/aromatic N) is 2. The van der Waals surface area contributed by atoms with Crippen molar-refractivity contribution in [3.63, 3.8) is 0 Å². The summed E-state index contributed by atoms with van der Waals surface area (Å²) >= 11 is 11.7. The molecular formula is C9H10Cl2N2O. The topological polar surface area (TPSA) is 35.0 Å². The third-order valence-electron chi connectivity index (χ3n) is 1.57. The van der Waals surface area contributed by atoms with Crippen LogP contribution in [-0.2, 0) is 4.74 Å². The summed E-state index contributed by atoms with van der Waals surface area (Å²) in [6.45, 7) is 7.82. The van der Waals surface area contributed by atoms with E-state index >= 15 is 0 Å². The molecule has 0 bridgehead atoms. The van der Waals surface area contributed by atoms with Crippen molar-refractivity contribution >= 4 is 29.0 Å². The normalized spacial score (nSPS) is 10.0. The van der Waals surface area contributed by atoms with Gasteiger partial charge in [-0.25, -0.2) is 9.97 Å². The molecule has 0 saturated carbocycles. The lowest BCUT2D eigenvalue weighted by molar-refractivity contribution is 0.297. The summed E-state index contributed by atoms with van der Waals surface area (Å²) in [7, 11) is 0. The van der Waals surface area contributed by atoms with Crippen LogP contribution in [0.1, 0.15) is 18.3 Å². The lowest BCUT2D eigenvalue weighted by Crippen LogP contribution is -1.99. The SMILES string of the molecule is C=C(OCC)c1nc(Cl)nc(C)c1Cl. The fourth-order valence-electron chi connectivity index (χ4n) is 0.953. The Kier molecular flexibility index (Phi) is 3.72. The minimum Gasteiger partial charge on any atom is -0.492 e. The second kappa shape index (κ2) is 4.62. The van der Waals surface area contributed by atoms with Gasteiger partial charge in [0, 0.05) is 0 Å². The number of aromatic nitrogens is 2. The summed E-state index contributed by atoms with van der Waals surface area (Å²) in [6, 6.07) is 0. The molecule has 0 aromatic carbocycles. The first-order valence-electron chi connectivity index (χ1n) is 4.08. The summed E-state index contributed by atoms with van der Waals surface area (Å²) < 4.78 is 5.19. The Balaban J connectivity index is 3.13. The molecular weight excluding hydrogens is 223 g/mol. The molecule has 14 heavy (non-hydrogen) atoms. The van der Waals surface area contributed by atoms with Crippen LogP contribution in [0.25, 0.3) is 5.76 Å². The van der Waals surface area contributed by atoms with Gasteiger partial charge in [-0.2, -0.15) is 0 Å². The van der Waals surface area contributed by atoms with Gasteiger partial charge in [0.2, 0.25) is 5.28 Å². The molecule has 1 aromatic rings. The van der Waals surface area contributed by atoms with E-state index in [1.54, 1.807) is 6.92 Å². The summed E-state index contributed by atoms with van der Waals surface area (Å²) in [5.41, 5.74) is 1.06. The van der Waals surface area contributed by atoms with E-state index in [2.05, 4.69) is 16.5 Å². The smallest absolute Gasteiger partial charge is 0.223 e. The highest BCUT2D eigenvalue weighted by molar-refractivity contribution is 6.33. The molecule has 0 spiro atoms. The van der Waals surface area contributed by atoms with Gasteiger partial charge in [0.25, 0.3) is 0 Å². The molecule has 1 heterocycles. The summed E-state index contributed by atoms with van der Waals surface area (Å²) in [5.74, 6) is 0.407. The van der Waals surface area contributed by atoms with Crippen molar-refractivity contribution in [1.82, 2.24) is 9.97 Å². The number of rotatable bonds is 3. The Morgan fingerprint density at radius 2 is 2.07 bits per heavy atom. The largest absolute Gasteiger partial charge is 0.492 e. The summed E-state index contributed by atoms with van der Waals surface area (Å²) in [4.78, 5) is 7.85. The molecule has 0 amide bonds. The van der Waals surface area contributed by atoms with Crippen LogP contribution < -0.4 is 0 Å². The molecule has 76 valence electrons. The third kappa shape index (κ3) is 2.36. The Labute approximate surface area is 92.7 Å². The minimum atomic E-state index is 0.141. The van der Waals surface area contributed by atoms with Crippen molar-refractivity contribution in [3.05, 3.63) is 28.3 Å². The highest BCUT2D eigenvalue weighted by Crippen LogP contribution is 2.25. The molecule has 5 heteroatoms. The van der Waals surface area contributed by atoms with E-state index in [4.69, 9.17) is 27.9 Å². The molecule has 0 fully saturated rings. The number of aryl methyl sites for hydroxylation is 1. The van der Waals surface area contributed by atoms with Gasteiger partial charge in [0.05, 0.1) is 17.3 Å². The van der Waals surface area contributed by atoms with Crippen molar-refractivity contribution in [2.45, 2.75) is 13.8 Å². The maximum Gasteiger partial charge on any atom is 0.223 e. The van der Waals surface area contributed by atoms with Crippen LogP contribution in [0.5, 0.6) is 0 Å². The van der Waals surface area contributed by atoms with Gasteiger partial charge in [0.1, 0.15) is 11.5 Å². The van der Waals surface area contributed by atoms with Crippen LogP contribution in [0.15, 0.2) is 6.58 Å². The molecule has 0 aliphatic rings. The van der Waals surface area contributed by atoms with Crippen LogP contribution in [0, 0.1) is 6.92 Å². The zero-order valence-corrected chi connectivity index (χ0v) is 9.48. The Morgan fingerprint density at radius 1 is 1.43 bits per heavy atom. The van der Waals surface area contributed by atoms with Crippen LogP contribution in [-0.4, -0.2) is 16.6 Å². The minimum absolute atomic E-state index is 0.141. The van der Waals surface area contributed by atoms with Gasteiger partial charge >= 0.3 is 0 Å². The van der Waals surface area contributed by atoms with Crippen molar-refractivity contribution in [2.24, 2.45) is 0 Å². The maximum absolute atomic E-state index is 5.97. The standard InChI is InChI=1S/C9H10Cl2N2O/c1-4-14-6(3)8-7(10)5(2)12-9(11)13-8/h3-4H2,1-2H3. The second-order valence-corrected chi connectivity index (χ2v) is 3.31. The Morgan fingerprint density at radius 3 is 2.64 bits per heavy atom. The van der Waals surface area contributed by atoms with E-state index in [9.17, 15) is 0 Å². The quantitative estimate of drug-likeness (QED) is 0.594. The van der Waals surface area contributed by atoms with E-state index in [0.717, 1.165) is 0 Å². The van der Waals surface area contributed by atoms with Crippen molar-refractivity contribution in [3.8, 4) is 0 Å². The van der Waals surface area contributed by atoms with Gasteiger partial charge < -0.3 is 4.74 Å². The van der Waals surface area contributed by atoms with Gasteiger partial charge in [-0.3, -0.25) is 0 Å². The van der Waals surface area contributed by atoms with E-state index < -0.39 is 0 Å². The number of ether oxygens (including phenoxy) is 1. The van der Waals surface area contributed by atoms with Gasteiger partial charge in [-0.15, -0.1) is 0 Å². The first kappa shape index (κ1) is 11.3. The zero-order chi connectivity index (χ0) is 10.7. The molecule has 1 rings (SSSR count). The first-order chi connectivity index (χ1) is 6.56. The second-order valence-electron chi connectivity index (χ2n) is 2.60. The van der Waals surface area contributed by atoms with E-state index in [-0.39, 0.29) is 5.28 Å². The molecule has 0 aliphatic carbocycles. The number of hydrogen-bond acceptors (Lipinski definition) is 3. The highest BCUT2D eigenvalue weighted by atomic mass is 35.5. The summed E-state index contributed by atoms with van der Waals surface area (Å²) in [5, 5.41) is 0.565. The van der Waals surface area contributed by atoms with E-state index in [0.29, 0.717) is 28.8 Å². The van der Waals surface area contributed by atoms with Crippen molar-refractivity contribution in [2.75, 3.05) is 6.61 Å². The highest BCUT2D eigenvalue weighted by Gasteiger charge is 2.12. The van der Waals surface area contributed by atoms with Crippen LogP contribution in [0.3, 0.4) is 0 Å². The molecule has 1 aromatic heterocycles. The number of halogens is 2. The first-order valence-corrected chi connectivity index (χ1v) is 4.83. The summed E-state index contributed by atoms with van der Waals surface area (Å²) in [6.07, 6.45) is 0. The average Bonchev–Trinajstić information content (AvgIpc) is 2.11. The zero-order valence-electron chi connectivity index (χ0n) is 7.97. The molecule has 0 unspecified atom stereocenters. The Hall–Kier alpha value is -0.800. The molecule has 0 radical (unpaired) electrons. The van der Waals surface area contributed by atoms with Gasteiger partial charge in [0.15, 0.2) is 0 Å². The van der Waals surface area contributed by atoms with Crippen LogP contribution >= 0.6 is 23.2 Å². The fourth-order valence-corrected chi connectivity index (χ4v) is 1.35. The van der Waals surface area contributed by atoms with Gasteiger partial charge in [-0.05, 0) is 25.4 Å². The lowest BCUT2D eigenvalue weighted by atomic mass is 10.3. The van der Waals surface area contributed by atoms with E-state index in [1.165, 1.54) is 0 Å². The fraction of sp³-hybridized carbons (Fsp3) is 0.333.